The zero-order chi connectivity index (χ0) is 10.8. The molecule has 4 nitrogen and oxygen atoms in total. The lowest BCUT2D eigenvalue weighted by atomic mass is 10.2. The summed E-state index contributed by atoms with van der Waals surface area (Å²) in [5.41, 5.74) is 5.86. The molecule has 4 heteroatoms. The Hall–Kier alpha value is -0.610. The van der Waals surface area contributed by atoms with Crippen molar-refractivity contribution in [3.63, 3.8) is 0 Å². The highest BCUT2D eigenvalue weighted by molar-refractivity contribution is 5.77. The van der Waals surface area contributed by atoms with Crippen molar-refractivity contribution in [3.8, 4) is 0 Å². The molecule has 2 rings (SSSR count). The van der Waals surface area contributed by atoms with E-state index >= 15 is 0 Å². The molecule has 2 unspecified atom stereocenters. The number of rotatable bonds is 4. The summed E-state index contributed by atoms with van der Waals surface area (Å²) in [6.45, 7) is 0.200. The van der Waals surface area contributed by atoms with Gasteiger partial charge in [-0.25, -0.2) is 0 Å². The van der Waals surface area contributed by atoms with Crippen LogP contribution in [0.4, 0.5) is 0 Å². The molecule has 0 bridgehead atoms. The Morgan fingerprint density at radius 2 is 2.13 bits per heavy atom. The van der Waals surface area contributed by atoms with E-state index in [2.05, 4.69) is 0 Å². The highest BCUT2D eigenvalue weighted by Gasteiger charge is 2.31. The molecule has 2 saturated carbocycles. The molecule has 2 N–H and O–H groups in total. The summed E-state index contributed by atoms with van der Waals surface area (Å²) in [5, 5.41) is 0. The summed E-state index contributed by atoms with van der Waals surface area (Å²) < 4.78 is 5.56. The van der Waals surface area contributed by atoms with E-state index in [1.54, 1.807) is 4.90 Å². The molecule has 2 aliphatic carbocycles. The van der Waals surface area contributed by atoms with Crippen molar-refractivity contribution in [2.24, 2.45) is 5.73 Å². The van der Waals surface area contributed by atoms with Crippen LogP contribution in [0.15, 0.2) is 0 Å². The van der Waals surface area contributed by atoms with Gasteiger partial charge in [-0.3, -0.25) is 4.79 Å². The lowest BCUT2D eigenvalue weighted by molar-refractivity contribution is -0.137. The molecule has 2 fully saturated rings. The van der Waals surface area contributed by atoms with Crippen LogP contribution in [0.1, 0.15) is 32.1 Å². The minimum atomic E-state index is 0.0941. The molecule has 0 aromatic heterocycles. The molecule has 1 amide bonds. The van der Waals surface area contributed by atoms with Gasteiger partial charge in [0.25, 0.3) is 0 Å². The first-order chi connectivity index (χ1) is 7.18. The Morgan fingerprint density at radius 3 is 2.67 bits per heavy atom. The summed E-state index contributed by atoms with van der Waals surface area (Å²) in [6.07, 6.45) is 5.54. The van der Waals surface area contributed by atoms with Gasteiger partial charge in [-0.2, -0.15) is 0 Å². The number of amides is 1. The van der Waals surface area contributed by atoms with Gasteiger partial charge in [0.15, 0.2) is 0 Å². The number of carbonyl (C=O) groups excluding carboxylic acids is 1. The van der Waals surface area contributed by atoms with Crippen LogP contribution in [0.5, 0.6) is 0 Å². The Bertz CT molecular complexity index is 241. The topological polar surface area (TPSA) is 55.6 Å². The maximum atomic E-state index is 11.6. The average molecular weight is 212 g/mol. The van der Waals surface area contributed by atoms with Crippen LogP contribution < -0.4 is 5.73 Å². The van der Waals surface area contributed by atoms with Gasteiger partial charge in [-0.15, -0.1) is 0 Å². The van der Waals surface area contributed by atoms with E-state index in [1.807, 2.05) is 7.05 Å². The number of ether oxygens (including phenoxy) is 1. The third kappa shape index (κ3) is 2.69. The highest BCUT2D eigenvalue weighted by Crippen LogP contribution is 2.25. The lowest BCUT2D eigenvalue weighted by Crippen LogP contribution is -2.37. The minimum absolute atomic E-state index is 0.0941. The van der Waals surface area contributed by atoms with Gasteiger partial charge < -0.3 is 15.4 Å². The van der Waals surface area contributed by atoms with Gasteiger partial charge in [0.2, 0.25) is 5.91 Å². The number of likely N-dealkylation sites (N-methyl/N-ethyl adjacent to an activating group) is 1. The molecule has 2 atom stereocenters. The van der Waals surface area contributed by atoms with E-state index < -0.39 is 0 Å². The van der Waals surface area contributed by atoms with Crippen LogP contribution in [0.25, 0.3) is 0 Å². The smallest absolute Gasteiger partial charge is 0.248 e. The van der Waals surface area contributed by atoms with Gasteiger partial charge in [-0.1, -0.05) is 0 Å². The van der Waals surface area contributed by atoms with Crippen LogP contribution >= 0.6 is 0 Å². The predicted octanol–water partition coefficient (Wildman–Crippen LogP) is 0.504. The second kappa shape index (κ2) is 4.49. The fourth-order valence-electron chi connectivity index (χ4n) is 2.11. The Balaban J connectivity index is 1.70. The first-order valence-electron chi connectivity index (χ1n) is 5.81. The van der Waals surface area contributed by atoms with E-state index in [4.69, 9.17) is 10.5 Å². The van der Waals surface area contributed by atoms with E-state index in [0.717, 1.165) is 32.1 Å². The average Bonchev–Trinajstić information content (AvgIpc) is 2.99. The molecule has 0 heterocycles. The van der Waals surface area contributed by atoms with Crippen molar-refractivity contribution < 1.29 is 9.53 Å². The number of nitrogens with two attached hydrogens (primary N) is 1. The fraction of sp³-hybridized carbons (Fsp3) is 0.909. The van der Waals surface area contributed by atoms with E-state index in [0.29, 0.717) is 6.04 Å². The lowest BCUT2D eigenvalue weighted by Gasteiger charge is -2.20. The molecule has 0 aliphatic heterocycles. The number of carbonyl (C=O) groups is 1. The van der Waals surface area contributed by atoms with Crippen molar-refractivity contribution in [2.75, 3.05) is 13.7 Å². The largest absolute Gasteiger partial charge is 0.367 e. The van der Waals surface area contributed by atoms with Gasteiger partial charge in [0, 0.05) is 19.1 Å². The second-order valence-electron chi connectivity index (χ2n) is 4.68. The van der Waals surface area contributed by atoms with Crippen LogP contribution in [0.3, 0.4) is 0 Å². The first kappa shape index (κ1) is 10.9. The molecular formula is C11H20N2O2. The van der Waals surface area contributed by atoms with Crippen molar-refractivity contribution in [1.29, 1.82) is 0 Å². The van der Waals surface area contributed by atoms with Gasteiger partial charge in [-0.05, 0) is 32.1 Å². The Kier molecular flexibility index (Phi) is 3.26. The highest BCUT2D eigenvalue weighted by atomic mass is 16.5. The number of hydrogen-bond acceptors (Lipinski definition) is 3. The number of hydrogen-bond donors (Lipinski definition) is 1. The minimum Gasteiger partial charge on any atom is -0.367 e. The van der Waals surface area contributed by atoms with Crippen molar-refractivity contribution in [1.82, 2.24) is 4.90 Å². The quantitative estimate of drug-likeness (QED) is 0.738. The molecule has 0 saturated heterocycles. The standard InChI is InChI=1S/C11H20N2O2/c1-13(8-5-6-8)11(14)7-15-10-4-2-3-9(10)12/h8-10H,2-7,12H2,1H3. The summed E-state index contributed by atoms with van der Waals surface area (Å²) in [4.78, 5) is 13.5. The van der Waals surface area contributed by atoms with Gasteiger partial charge in [0.1, 0.15) is 6.61 Å². The van der Waals surface area contributed by atoms with Crippen LogP contribution in [0.2, 0.25) is 0 Å². The zero-order valence-electron chi connectivity index (χ0n) is 9.32. The molecule has 0 aromatic carbocycles. The third-order valence-electron chi connectivity index (χ3n) is 3.41. The summed E-state index contributed by atoms with van der Waals surface area (Å²) in [5.74, 6) is 0.0941. The number of nitrogens with zero attached hydrogens (tertiary/aromatic N) is 1. The maximum absolute atomic E-state index is 11.6. The van der Waals surface area contributed by atoms with Crippen LogP contribution in [-0.2, 0) is 9.53 Å². The monoisotopic (exact) mass is 212 g/mol. The van der Waals surface area contributed by atoms with Gasteiger partial charge in [0.05, 0.1) is 6.10 Å². The Labute approximate surface area is 90.8 Å². The molecule has 86 valence electrons. The normalized spacial score (nSPS) is 30.5. The van der Waals surface area contributed by atoms with Crippen LogP contribution in [0, 0.1) is 0 Å². The summed E-state index contributed by atoms with van der Waals surface area (Å²) in [7, 11) is 1.86. The summed E-state index contributed by atoms with van der Waals surface area (Å²) >= 11 is 0. The van der Waals surface area contributed by atoms with E-state index in [1.165, 1.54) is 0 Å². The van der Waals surface area contributed by atoms with Gasteiger partial charge >= 0.3 is 0 Å². The fourth-order valence-corrected chi connectivity index (χ4v) is 2.11. The Morgan fingerprint density at radius 1 is 1.40 bits per heavy atom. The molecule has 0 spiro atoms. The molecule has 2 aliphatic rings. The van der Waals surface area contributed by atoms with E-state index in [9.17, 15) is 4.79 Å². The second-order valence-corrected chi connectivity index (χ2v) is 4.68. The zero-order valence-corrected chi connectivity index (χ0v) is 9.32. The molecular weight excluding hydrogens is 192 g/mol. The van der Waals surface area contributed by atoms with E-state index in [-0.39, 0.29) is 24.7 Å². The SMILES string of the molecule is CN(C(=O)COC1CCCC1N)C1CC1. The maximum Gasteiger partial charge on any atom is 0.248 e. The molecule has 0 aromatic rings. The summed E-state index contributed by atoms with van der Waals surface area (Å²) in [6, 6.07) is 0.599. The molecule has 0 radical (unpaired) electrons. The van der Waals surface area contributed by atoms with Crippen molar-refractivity contribution in [2.45, 2.75) is 50.3 Å². The van der Waals surface area contributed by atoms with Crippen LogP contribution in [-0.4, -0.2) is 42.6 Å². The predicted molar refractivity (Wildman–Crippen MR) is 57.4 cm³/mol. The first-order valence-corrected chi connectivity index (χ1v) is 5.81. The third-order valence-corrected chi connectivity index (χ3v) is 3.41. The molecule has 15 heavy (non-hydrogen) atoms. The van der Waals surface area contributed by atoms with Crippen molar-refractivity contribution in [3.05, 3.63) is 0 Å². The van der Waals surface area contributed by atoms with Crippen molar-refractivity contribution >= 4 is 5.91 Å².